The number of ether oxygens (including phenoxy) is 2. The largest absolute Gasteiger partial charge is 0.484 e. The van der Waals surface area contributed by atoms with Gasteiger partial charge in [0, 0.05) is 28.6 Å². The predicted molar refractivity (Wildman–Crippen MR) is 134 cm³/mol. The van der Waals surface area contributed by atoms with Crippen LogP contribution < -0.4 is 10.1 Å². The molecule has 178 valence electrons. The highest BCUT2D eigenvalue weighted by Crippen LogP contribution is 2.33. The van der Waals surface area contributed by atoms with E-state index in [1.807, 2.05) is 43.3 Å². The Labute approximate surface area is 208 Å². The minimum Gasteiger partial charge on any atom is -0.484 e. The maximum Gasteiger partial charge on any atom is 0.260 e. The Kier molecular flexibility index (Phi) is 8.03. The Morgan fingerprint density at radius 2 is 1.77 bits per heavy atom. The smallest absolute Gasteiger partial charge is 0.260 e. The molecule has 0 unspecified atom stereocenters. The van der Waals surface area contributed by atoms with Gasteiger partial charge in [-0.25, -0.2) is 0 Å². The second kappa shape index (κ2) is 11.6. The first-order valence-electron chi connectivity index (χ1n) is 11.2. The fourth-order valence-corrected chi connectivity index (χ4v) is 4.64. The molecule has 0 atom stereocenters. The van der Waals surface area contributed by atoms with Crippen molar-refractivity contribution < 1.29 is 19.1 Å². The molecule has 0 radical (unpaired) electrons. The topological polar surface area (TPSA) is 91.7 Å². The summed E-state index contributed by atoms with van der Waals surface area (Å²) in [5.74, 6) is 0.239. The van der Waals surface area contributed by atoms with Crippen LogP contribution >= 0.6 is 11.8 Å². The van der Waals surface area contributed by atoms with E-state index in [-0.39, 0.29) is 18.4 Å². The molecule has 1 saturated heterocycles. The number of nitrogens with zero attached hydrogens (tertiary/aromatic N) is 2. The molecule has 0 aromatic heterocycles. The van der Waals surface area contributed by atoms with Gasteiger partial charge in [0.25, 0.3) is 11.8 Å². The van der Waals surface area contributed by atoms with E-state index >= 15 is 0 Å². The van der Waals surface area contributed by atoms with Gasteiger partial charge in [-0.2, -0.15) is 5.26 Å². The van der Waals surface area contributed by atoms with Crippen molar-refractivity contribution in [2.24, 2.45) is 0 Å². The van der Waals surface area contributed by atoms with Crippen LogP contribution in [-0.4, -0.2) is 49.6 Å². The Morgan fingerprint density at radius 3 is 2.51 bits per heavy atom. The van der Waals surface area contributed by atoms with Crippen LogP contribution in [0, 0.1) is 18.3 Å². The number of benzene rings is 3. The first kappa shape index (κ1) is 24.3. The van der Waals surface area contributed by atoms with Crippen LogP contribution in [0.4, 0.5) is 5.69 Å². The lowest BCUT2D eigenvalue weighted by Crippen LogP contribution is -2.42. The van der Waals surface area contributed by atoms with Gasteiger partial charge in [-0.3, -0.25) is 9.59 Å². The van der Waals surface area contributed by atoms with Crippen LogP contribution in [0.15, 0.2) is 76.5 Å². The lowest BCUT2D eigenvalue weighted by molar-refractivity contribution is -0.137. The van der Waals surface area contributed by atoms with Crippen LogP contribution in [0.3, 0.4) is 0 Å². The fraction of sp³-hybridized carbons (Fsp3) is 0.222. The fourth-order valence-electron chi connectivity index (χ4n) is 3.61. The molecule has 2 amide bonds. The number of morpholine rings is 1. The molecule has 1 aliphatic rings. The number of anilines is 1. The van der Waals surface area contributed by atoms with Crippen molar-refractivity contribution in [1.29, 1.82) is 5.26 Å². The minimum absolute atomic E-state index is 0.0418. The Morgan fingerprint density at radius 1 is 1.06 bits per heavy atom. The summed E-state index contributed by atoms with van der Waals surface area (Å²) in [6, 6.07) is 22.1. The molecule has 35 heavy (non-hydrogen) atoms. The average molecular weight is 488 g/mol. The number of aryl methyl sites for hydroxylation is 1. The van der Waals surface area contributed by atoms with Gasteiger partial charge in [-0.1, -0.05) is 36.0 Å². The summed E-state index contributed by atoms with van der Waals surface area (Å²) in [7, 11) is 0. The average Bonchev–Trinajstić information content (AvgIpc) is 2.89. The van der Waals surface area contributed by atoms with Crippen molar-refractivity contribution in [1.82, 2.24) is 4.90 Å². The van der Waals surface area contributed by atoms with Crippen molar-refractivity contribution in [2.45, 2.75) is 16.7 Å². The molecule has 1 N–H and O–H groups in total. The number of carbonyl (C=O) groups excluding carboxylic acids is 2. The molecule has 0 bridgehead atoms. The van der Waals surface area contributed by atoms with E-state index in [2.05, 4.69) is 11.4 Å². The first-order valence-corrected chi connectivity index (χ1v) is 12.0. The van der Waals surface area contributed by atoms with Crippen molar-refractivity contribution in [3.63, 3.8) is 0 Å². The summed E-state index contributed by atoms with van der Waals surface area (Å²) in [5, 5.41) is 12.3. The number of carbonyl (C=O) groups is 2. The number of hydrogen-bond acceptors (Lipinski definition) is 6. The molecular formula is C27H25N3O4S. The normalized spacial score (nSPS) is 13.1. The van der Waals surface area contributed by atoms with Gasteiger partial charge in [0.05, 0.1) is 24.3 Å². The van der Waals surface area contributed by atoms with Gasteiger partial charge in [0.2, 0.25) is 0 Å². The van der Waals surface area contributed by atoms with Gasteiger partial charge >= 0.3 is 0 Å². The molecule has 7 nitrogen and oxygen atoms in total. The molecule has 8 heteroatoms. The molecular weight excluding hydrogens is 462 g/mol. The number of nitriles is 1. The van der Waals surface area contributed by atoms with E-state index in [9.17, 15) is 14.9 Å². The van der Waals surface area contributed by atoms with Crippen molar-refractivity contribution in [2.75, 3.05) is 38.2 Å². The van der Waals surface area contributed by atoms with Crippen LogP contribution in [0.2, 0.25) is 0 Å². The highest BCUT2D eigenvalue weighted by Gasteiger charge is 2.18. The zero-order chi connectivity index (χ0) is 24.6. The van der Waals surface area contributed by atoms with E-state index in [0.717, 1.165) is 15.4 Å². The standard InChI is InChI=1S/C27H25N3O4S/c1-19-16-21(34-18-26(31)30-12-14-33-15-13-30)10-11-23(19)29-27(32)22-7-3-5-9-25(22)35-24-8-4-2-6-20(24)17-28/h2-11,16H,12-15,18H2,1H3,(H,29,32). The SMILES string of the molecule is Cc1cc(OCC(=O)N2CCOCC2)ccc1NC(=O)c1ccccc1Sc1ccccc1C#N. The maximum absolute atomic E-state index is 13.1. The van der Waals surface area contributed by atoms with E-state index in [4.69, 9.17) is 9.47 Å². The van der Waals surface area contributed by atoms with Gasteiger partial charge in [0.1, 0.15) is 11.8 Å². The summed E-state index contributed by atoms with van der Waals surface area (Å²) in [5.41, 5.74) is 2.54. The van der Waals surface area contributed by atoms with Crippen molar-refractivity contribution in [3.8, 4) is 11.8 Å². The molecule has 4 rings (SSSR count). The Balaban J connectivity index is 1.42. The quantitative estimate of drug-likeness (QED) is 0.527. The van der Waals surface area contributed by atoms with E-state index in [0.29, 0.717) is 48.9 Å². The van der Waals surface area contributed by atoms with Crippen LogP contribution in [0.25, 0.3) is 0 Å². The molecule has 0 aliphatic carbocycles. The summed E-state index contributed by atoms with van der Waals surface area (Å²) < 4.78 is 10.9. The first-order chi connectivity index (χ1) is 17.0. The molecule has 3 aromatic carbocycles. The molecule has 1 aliphatic heterocycles. The molecule has 1 heterocycles. The van der Waals surface area contributed by atoms with Crippen LogP contribution in [0.1, 0.15) is 21.5 Å². The van der Waals surface area contributed by atoms with Gasteiger partial charge in [0.15, 0.2) is 6.61 Å². The highest BCUT2D eigenvalue weighted by atomic mass is 32.2. The van der Waals surface area contributed by atoms with E-state index in [1.54, 1.807) is 35.2 Å². The number of hydrogen-bond donors (Lipinski definition) is 1. The minimum atomic E-state index is -0.248. The van der Waals surface area contributed by atoms with Crippen molar-refractivity contribution >= 4 is 29.3 Å². The number of rotatable bonds is 7. The summed E-state index contributed by atoms with van der Waals surface area (Å²) in [6.45, 7) is 4.08. The lowest BCUT2D eigenvalue weighted by atomic mass is 10.1. The Hall–Kier alpha value is -3.80. The predicted octanol–water partition coefficient (Wildman–Crippen LogP) is 4.51. The highest BCUT2D eigenvalue weighted by molar-refractivity contribution is 7.99. The third-order valence-electron chi connectivity index (χ3n) is 5.53. The van der Waals surface area contributed by atoms with Gasteiger partial charge < -0.3 is 19.7 Å². The van der Waals surface area contributed by atoms with Gasteiger partial charge in [-0.05, 0) is 55.0 Å². The third kappa shape index (κ3) is 6.21. The second-order valence-electron chi connectivity index (χ2n) is 7.92. The monoisotopic (exact) mass is 487 g/mol. The summed E-state index contributed by atoms with van der Waals surface area (Å²) in [6.07, 6.45) is 0. The molecule has 0 spiro atoms. The third-order valence-corrected chi connectivity index (χ3v) is 6.68. The molecule has 0 saturated carbocycles. The summed E-state index contributed by atoms with van der Waals surface area (Å²) >= 11 is 1.38. The molecule has 3 aromatic rings. The number of nitrogens with one attached hydrogen (secondary N) is 1. The van der Waals surface area contributed by atoms with Crippen molar-refractivity contribution in [3.05, 3.63) is 83.4 Å². The van der Waals surface area contributed by atoms with Crippen LogP contribution in [0.5, 0.6) is 5.75 Å². The summed E-state index contributed by atoms with van der Waals surface area (Å²) in [4.78, 5) is 28.7. The van der Waals surface area contributed by atoms with E-state index < -0.39 is 0 Å². The Bertz CT molecular complexity index is 1270. The zero-order valence-electron chi connectivity index (χ0n) is 19.3. The van der Waals surface area contributed by atoms with Gasteiger partial charge in [-0.15, -0.1) is 0 Å². The number of amides is 2. The zero-order valence-corrected chi connectivity index (χ0v) is 20.1. The molecule has 1 fully saturated rings. The van der Waals surface area contributed by atoms with E-state index in [1.165, 1.54) is 11.8 Å². The lowest BCUT2D eigenvalue weighted by Gasteiger charge is -2.26. The second-order valence-corrected chi connectivity index (χ2v) is 9.00. The maximum atomic E-state index is 13.1. The van der Waals surface area contributed by atoms with Crippen LogP contribution in [-0.2, 0) is 9.53 Å².